The Morgan fingerprint density at radius 1 is 1.47 bits per heavy atom. The van der Waals surface area contributed by atoms with Crippen LogP contribution >= 0.6 is 15.9 Å². The molecule has 2 rings (SSSR count). The fourth-order valence-electron chi connectivity index (χ4n) is 1.91. The molecular weight excluding hydrogens is 312 g/mol. The van der Waals surface area contributed by atoms with Gasteiger partial charge >= 0.3 is 0 Å². The fourth-order valence-corrected chi connectivity index (χ4v) is 2.28. The number of benzene rings is 1. The second-order valence-electron chi connectivity index (χ2n) is 4.42. The SMILES string of the molecule is Nc1cc(Br)ccc1OCC(=O)NC1CCOCC1. The summed E-state index contributed by atoms with van der Waals surface area (Å²) >= 11 is 3.32. The Morgan fingerprint density at radius 2 is 2.21 bits per heavy atom. The van der Waals surface area contributed by atoms with Crippen molar-refractivity contribution in [3.63, 3.8) is 0 Å². The minimum absolute atomic E-state index is 0.0246. The summed E-state index contributed by atoms with van der Waals surface area (Å²) in [4.78, 5) is 11.7. The number of amides is 1. The lowest BCUT2D eigenvalue weighted by atomic mass is 10.1. The number of nitrogens with one attached hydrogen (secondary N) is 1. The first-order valence-electron chi connectivity index (χ1n) is 6.20. The normalized spacial score (nSPS) is 16.1. The number of ether oxygens (including phenoxy) is 2. The molecule has 0 spiro atoms. The summed E-state index contributed by atoms with van der Waals surface area (Å²) in [6, 6.07) is 5.49. The highest BCUT2D eigenvalue weighted by Crippen LogP contribution is 2.25. The van der Waals surface area contributed by atoms with Crippen molar-refractivity contribution in [1.82, 2.24) is 5.32 Å². The Morgan fingerprint density at radius 3 is 2.89 bits per heavy atom. The molecule has 0 radical (unpaired) electrons. The second-order valence-corrected chi connectivity index (χ2v) is 5.34. The summed E-state index contributed by atoms with van der Waals surface area (Å²) in [5.41, 5.74) is 6.30. The van der Waals surface area contributed by atoms with E-state index < -0.39 is 0 Å². The Hall–Kier alpha value is -1.27. The standard InChI is InChI=1S/C13H17BrN2O3/c14-9-1-2-12(11(15)7-9)19-8-13(17)16-10-3-5-18-6-4-10/h1-2,7,10H,3-6,8,15H2,(H,16,17). The van der Waals surface area contributed by atoms with Crippen molar-refractivity contribution in [2.75, 3.05) is 25.6 Å². The van der Waals surface area contributed by atoms with Crippen molar-refractivity contribution in [2.45, 2.75) is 18.9 Å². The molecule has 0 aliphatic carbocycles. The summed E-state index contributed by atoms with van der Waals surface area (Å²) in [6.07, 6.45) is 1.71. The fraction of sp³-hybridized carbons (Fsp3) is 0.462. The van der Waals surface area contributed by atoms with Crippen LogP contribution in [0.3, 0.4) is 0 Å². The molecule has 0 bridgehead atoms. The van der Waals surface area contributed by atoms with Crippen LogP contribution in [0.25, 0.3) is 0 Å². The third kappa shape index (κ3) is 4.40. The van der Waals surface area contributed by atoms with Crippen molar-refractivity contribution in [3.05, 3.63) is 22.7 Å². The minimum Gasteiger partial charge on any atom is -0.482 e. The van der Waals surface area contributed by atoms with Gasteiger partial charge in [0.15, 0.2) is 6.61 Å². The number of carbonyl (C=O) groups excluding carboxylic acids is 1. The predicted octanol–water partition coefficient (Wildman–Crippen LogP) is 1.71. The van der Waals surface area contributed by atoms with Gasteiger partial charge in [0, 0.05) is 23.7 Å². The topological polar surface area (TPSA) is 73.6 Å². The Bertz CT molecular complexity index is 448. The Kier molecular flexibility index (Phi) is 5.04. The van der Waals surface area contributed by atoms with E-state index in [1.54, 1.807) is 12.1 Å². The molecule has 1 aliphatic heterocycles. The van der Waals surface area contributed by atoms with E-state index in [0.717, 1.165) is 17.3 Å². The van der Waals surface area contributed by atoms with Crippen LogP contribution in [-0.4, -0.2) is 31.8 Å². The van der Waals surface area contributed by atoms with E-state index in [1.165, 1.54) is 0 Å². The number of rotatable bonds is 4. The van der Waals surface area contributed by atoms with Crippen LogP contribution in [0, 0.1) is 0 Å². The average Bonchev–Trinajstić information content (AvgIpc) is 2.39. The van der Waals surface area contributed by atoms with Crippen LogP contribution in [0.2, 0.25) is 0 Å². The number of nitrogen functional groups attached to an aromatic ring is 1. The highest BCUT2D eigenvalue weighted by molar-refractivity contribution is 9.10. The zero-order valence-corrected chi connectivity index (χ0v) is 12.1. The molecule has 1 aromatic carbocycles. The zero-order chi connectivity index (χ0) is 13.7. The lowest BCUT2D eigenvalue weighted by Crippen LogP contribution is -2.41. The minimum atomic E-state index is -0.130. The molecule has 19 heavy (non-hydrogen) atoms. The van der Waals surface area contributed by atoms with E-state index in [2.05, 4.69) is 21.2 Å². The van der Waals surface area contributed by atoms with Crippen LogP contribution in [0.1, 0.15) is 12.8 Å². The summed E-state index contributed by atoms with van der Waals surface area (Å²) in [5.74, 6) is 0.388. The molecule has 3 N–H and O–H groups in total. The van der Waals surface area contributed by atoms with Crippen molar-refractivity contribution in [2.24, 2.45) is 0 Å². The van der Waals surface area contributed by atoms with Gasteiger partial charge in [-0.05, 0) is 31.0 Å². The lowest BCUT2D eigenvalue weighted by molar-refractivity contribution is -0.124. The number of hydrogen-bond donors (Lipinski definition) is 2. The molecule has 1 heterocycles. The van der Waals surface area contributed by atoms with Gasteiger partial charge in [0.1, 0.15) is 5.75 Å². The second kappa shape index (κ2) is 6.77. The van der Waals surface area contributed by atoms with Gasteiger partial charge in [-0.15, -0.1) is 0 Å². The van der Waals surface area contributed by atoms with E-state index in [4.69, 9.17) is 15.2 Å². The van der Waals surface area contributed by atoms with Gasteiger partial charge in [0.05, 0.1) is 5.69 Å². The third-order valence-corrected chi connectivity index (χ3v) is 3.41. The number of halogens is 1. The van der Waals surface area contributed by atoms with Crippen molar-refractivity contribution < 1.29 is 14.3 Å². The molecule has 5 nitrogen and oxygen atoms in total. The van der Waals surface area contributed by atoms with Crippen LogP contribution in [-0.2, 0) is 9.53 Å². The van der Waals surface area contributed by atoms with Crippen molar-refractivity contribution in [1.29, 1.82) is 0 Å². The molecule has 1 fully saturated rings. The maximum atomic E-state index is 11.7. The number of hydrogen-bond acceptors (Lipinski definition) is 4. The van der Waals surface area contributed by atoms with E-state index >= 15 is 0 Å². The van der Waals surface area contributed by atoms with E-state index in [1.807, 2.05) is 6.07 Å². The number of carbonyl (C=O) groups is 1. The summed E-state index contributed by atoms with van der Waals surface area (Å²) in [7, 11) is 0. The van der Waals surface area contributed by atoms with Gasteiger partial charge in [-0.1, -0.05) is 15.9 Å². The van der Waals surface area contributed by atoms with Crippen molar-refractivity contribution >= 4 is 27.5 Å². The first kappa shape index (κ1) is 14.1. The Balaban J connectivity index is 1.79. The number of nitrogens with two attached hydrogens (primary N) is 1. The molecule has 1 amide bonds. The summed E-state index contributed by atoms with van der Waals surface area (Å²) in [6.45, 7) is 1.38. The smallest absolute Gasteiger partial charge is 0.258 e. The molecule has 6 heteroatoms. The predicted molar refractivity (Wildman–Crippen MR) is 76.0 cm³/mol. The zero-order valence-electron chi connectivity index (χ0n) is 10.5. The largest absolute Gasteiger partial charge is 0.482 e. The monoisotopic (exact) mass is 328 g/mol. The van der Waals surface area contributed by atoms with E-state index in [0.29, 0.717) is 24.7 Å². The third-order valence-electron chi connectivity index (χ3n) is 2.92. The molecule has 1 saturated heterocycles. The molecule has 0 saturated carbocycles. The van der Waals surface area contributed by atoms with Crippen molar-refractivity contribution in [3.8, 4) is 5.75 Å². The molecule has 0 unspecified atom stereocenters. The average molecular weight is 329 g/mol. The van der Waals surface area contributed by atoms with Gasteiger partial charge in [0.2, 0.25) is 0 Å². The van der Waals surface area contributed by atoms with Gasteiger partial charge in [-0.2, -0.15) is 0 Å². The van der Waals surface area contributed by atoms with Crippen LogP contribution in [0.15, 0.2) is 22.7 Å². The number of anilines is 1. The molecule has 104 valence electrons. The highest BCUT2D eigenvalue weighted by Gasteiger charge is 2.16. The van der Waals surface area contributed by atoms with E-state index in [-0.39, 0.29) is 18.6 Å². The first-order valence-corrected chi connectivity index (χ1v) is 6.99. The molecule has 1 aromatic rings. The van der Waals surface area contributed by atoms with Gasteiger partial charge in [-0.25, -0.2) is 0 Å². The van der Waals surface area contributed by atoms with Gasteiger partial charge in [-0.3, -0.25) is 4.79 Å². The molecule has 0 atom stereocenters. The maximum Gasteiger partial charge on any atom is 0.258 e. The Labute approximate surface area is 120 Å². The summed E-state index contributed by atoms with van der Waals surface area (Å²) < 4.78 is 11.5. The lowest BCUT2D eigenvalue weighted by Gasteiger charge is -2.23. The first-order chi connectivity index (χ1) is 9.15. The maximum absolute atomic E-state index is 11.7. The van der Waals surface area contributed by atoms with Gasteiger partial charge in [0.25, 0.3) is 5.91 Å². The van der Waals surface area contributed by atoms with Gasteiger partial charge < -0.3 is 20.5 Å². The van der Waals surface area contributed by atoms with Crippen LogP contribution in [0.4, 0.5) is 5.69 Å². The summed E-state index contributed by atoms with van der Waals surface area (Å²) in [5, 5.41) is 2.93. The van der Waals surface area contributed by atoms with E-state index in [9.17, 15) is 4.79 Å². The molecule has 1 aliphatic rings. The van der Waals surface area contributed by atoms with Crippen LogP contribution in [0.5, 0.6) is 5.75 Å². The quantitative estimate of drug-likeness (QED) is 0.825. The molecular formula is C13H17BrN2O3. The highest BCUT2D eigenvalue weighted by atomic mass is 79.9. The van der Waals surface area contributed by atoms with Crippen LogP contribution < -0.4 is 15.8 Å². The molecule has 0 aromatic heterocycles.